The summed E-state index contributed by atoms with van der Waals surface area (Å²) in [4.78, 5) is 12.4. The Labute approximate surface area is 181 Å². The van der Waals surface area contributed by atoms with Gasteiger partial charge in [0.15, 0.2) is 5.82 Å². The molecule has 0 radical (unpaired) electrons. The van der Waals surface area contributed by atoms with E-state index < -0.39 is 0 Å². The molecule has 7 nitrogen and oxygen atoms in total. The highest BCUT2D eigenvalue weighted by Crippen LogP contribution is 2.30. The molecule has 2 N–H and O–H groups in total. The second-order valence-electron chi connectivity index (χ2n) is 7.23. The van der Waals surface area contributed by atoms with Gasteiger partial charge in [0.25, 0.3) is 0 Å². The van der Waals surface area contributed by atoms with Gasteiger partial charge in [0.05, 0.1) is 25.6 Å². The normalized spacial score (nSPS) is 10.9. The first kappa shape index (κ1) is 20.5. The minimum atomic E-state index is -0.0928. The lowest BCUT2D eigenvalue weighted by atomic mass is 10.1. The van der Waals surface area contributed by atoms with Crippen LogP contribution in [0.15, 0.2) is 54.6 Å². The number of nitrogens with one attached hydrogen (secondary N) is 2. The highest BCUT2D eigenvalue weighted by molar-refractivity contribution is 5.91. The van der Waals surface area contributed by atoms with Gasteiger partial charge in [0, 0.05) is 29.9 Å². The zero-order valence-corrected chi connectivity index (χ0v) is 17.9. The number of carbonyl (C=O) groups excluding carboxylic acids is 1. The molecule has 160 valence electrons. The summed E-state index contributed by atoms with van der Waals surface area (Å²) in [5.41, 5.74) is 3.98. The predicted molar refractivity (Wildman–Crippen MR) is 122 cm³/mol. The Bertz CT molecular complexity index is 1210. The molecule has 0 spiro atoms. The smallest absolute Gasteiger partial charge is 0.225 e. The lowest BCUT2D eigenvalue weighted by Gasteiger charge is -2.07. The van der Waals surface area contributed by atoms with Crippen molar-refractivity contribution in [1.82, 2.24) is 14.8 Å². The molecule has 0 atom stereocenters. The number of rotatable bonds is 8. The lowest BCUT2D eigenvalue weighted by Crippen LogP contribution is -2.12. The van der Waals surface area contributed by atoms with Crippen LogP contribution in [-0.4, -0.2) is 34.9 Å². The standard InChI is InChI=1S/C24H26N4O3/c1-4-28-20-11-10-18(30-2)13-17(20)14-21(28)19-15-23(27-26-19)25-24(29)12-9-16-7-5-6-8-22(16)31-3/h5-8,10-11,13-15H,4,9,12H2,1-3H3,(H2,25,26,27,29). The third-order valence-corrected chi connectivity index (χ3v) is 5.36. The summed E-state index contributed by atoms with van der Waals surface area (Å²) in [7, 11) is 3.30. The molecule has 2 aromatic carbocycles. The van der Waals surface area contributed by atoms with Crippen molar-refractivity contribution in [3.63, 3.8) is 0 Å². The van der Waals surface area contributed by atoms with Gasteiger partial charge in [-0.25, -0.2) is 0 Å². The second kappa shape index (κ2) is 8.95. The summed E-state index contributed by atoms with van der Waals surface area (Å²) < 4.78 is 12.9. The molecule has 7 heteroatoms. The van der Waals surface area contributed by atoms with E-state index in [1.54, 1.807) is 14.2 Å². The monoisotopic (exact) mass is 418 g/mol. The number of aromatic nitrogens is 3. The van der Waals surface area contributed by atoms with Gasteiger partial charge in [-0.3, -0.25) is 9.89 Å². The summed E-state index contributed by atoms with van der Waals surface area (Å²) >= 11 is 0. The number of aromatic amines is 1. The van der Waals surface area contributed by atoms with E-state index in [0.717, 1.165) is 45.9 Å². The molecule has 2 heterocycles. The van der Waals surface area contributed by atoms with Crippen LogP contribution < -0.4 is 14.8 Å². The van der Waals surface area contributed by atoms with Crippen LogP contribution in [0.3, 0.4) is 0 Å². The average Bonchev–Trinajstić information content (AvgIpc) is 3.41. The maximum Gasteiger partial charge on any atom is 0.225 e. The van der Waals surface area contributed by atoms with E-state index in [1.165, 1.54) is 0 Å². The van der Waals surface area contributed by atoms with Crippen LogP contribution in [0.1, 0.15) is 18.9 Å². The number of para-hydroxylation sites is 1. The molecule has 1 amide bonds. The first-order valence-corrected chi connectivity index (χ1v) is 10.3. The third-order valence-electron chi connectivity index (χ3n) is 5.36. The number of fused-ring (bicyclic) bond motifs is 1. The summed E-state index contributed by atoms with van der Waals surface area (Å²) in [6.07, 6.45) is 0.941. The SMILES string of the molecule is CCn1c(-c2cc(NC(=O)CCc3ccccc3OC)n[nH]2)cc2cc(OC)ccc21. The topological polar surface area (TPSA) is 81.2 Å². The fraction of sp³-hybridized carbons (Fsp3) is 0.250. The van der Waals surface area contributed by atoms with Gasteiger partial charge >= 0.3 is 0 Å². The molecule has 0 aliphatic rings. The van der Waals surface area contributed by atoms with Crippen molar-refractivity contribution >= 4 is 22.6 Å². The molecule has 4 rings (SSSR count). The Kier molecular flexibility index (Phi) is 5.93. The number of benzene rings is 2. The number of ether oxygens (including phenoxy) is 2. The van der Waals surface area contributed by atoms with E-state index in [0.29, 0.717) is 18.7 Å². The van der Waals surface area contributed by atoms with Crippen molar-refractivity contribution in [3.05, 3.63) is 60.2 Å². The van der Waals surface area contributed by atoms with E-state index in [2.05, 4.69) is 39.1 Å². The van der Waals surface area contributed by atoms with Crippen LogP contribution in [-0.2, 0) is 17.8 Å². The minimum absolute atomic E-state index is 0.0928. The number of aryl methyl sites for hydroxylation is 2. The minimum Gasteiger partial charge on any atom is -0.497 e. The van der Waals surface area contributed by atoms with E-state index in [-0.39, 0.29) is 5.91 Å². The molecule has 0 aliphatic carbocycles. The number of methoxy groups -OCH3 is 2. The lowest BCUT2D eigenvalue weighted by molar-refractivity contribution is -0.116. The number of hydrogen-bond acceptors (Lipinski definition) is 4. The molecule has 0 saturated heterocycles. The Hall–Kier alpha value is -3.74. The average molecular weight is 418 g/mol. The largest absolute Gasteiger partial charge is 0.497 e. The van der Waals surface area contributed by atoms with Gasteiger partial charge in [0.1, 0.15) is 11.5 Å². The van der Waals surface area contributed by atoms with Crippen molar-refractivity contribution in [1.29, 1.82) is 0 Å². The van der Waals surface area contributed by atoms with Gasteiger partial charge in [-0.1, -0.05) is 18.2 Å². The van der Waals surface area contributed by atoms with Gasteiger partial charge in [-0.15, -0.1) is 0 Å². The summed E-state index contributed by atoms with van der Waals surface area (Å²) in [5, 5.41) is 11.3. The molecule has 0 unspecified atom stereocenters. The molecule has 0 bridgehead atoms. The summed E-state index contributed by atoms with van der Waals surface area (Å²) in [5.74, 6) is 2.02. The second-order valence-corrected chi connectivity index (χ2v) is 7.23. The van der Waals surface area contributed by atoms with Crippen LogP contribution in [0.5, 0.6) is 11.5 Å². The predicted octanol–water partition coefficient (Wildman–Crippen LogP) is 4.64. The van der Waals surface area contributed by atoms with Gasteiger partial charge in [-0.2, -0.15) is 5.10 Å². The molecule has 0 fully saturated rings. The zero-order valence-electron chi connectivity index (χ0n) is 17.9. The van der Waals surface area contributed by atoms with E-state index in [9.17, 15) is 4.79 Å². The molecule has 0 aliphatic heterocycles. The maximum absolute atomic E-state index is 12.4. The zero-order chi connectivity index (χ0) is 21.8. The van der Waals surface area contributed by atoms with E-state index in [1.807, 2.05) is 42.5 Å². The number of carbonyl (C=O) groups is 1. The van der Waals surface area contributed by atoms with Crippen LogP contribution in [0, 0.1) is 0 Å². The molecule has 2 aromatic heterocycles. The fourth-order valence-electron chi connectivity index (χ4n) is 3.82. The molecule has 4 aromatic rings. The highest BCUT2D eigenvalue weighted by Gasteiger charge is 2.14. The van der Waals surface area contributed by atoms with Crippen molar-refractivity contribution < 1.29 is 14.3 Å². The number of H-pyrrole nitrogens is 1. The number of amides is 1. The summed E-state index contributed by atoms with van der Waals surface area (Å²) in [6, 6.07) is 17.7. The third kappa shape index (κ3) is 4.26. The van der Waals surface area contributed by atoms with Crippen molar-refractivity contribution in [2.75, 3.05) is 19.5 Å². The Morgan fingerprint density at radius 2 is 1.94 bits per heavy atom. The summed E-state index contributed by atoms with van der Waals surface area (Å²) in [6.45, 7) is 2.91. The maximum atomic E-state index is 12.4. The highest BCUT2D eigenvalue weighted by atomic mass is 16.5. The number of nitrogens with zero attached hydrogens (tertiary/aromatic N) is 2. The Balaban J connectivity index is 1.48. The quantitative estimate of drug-likeness (QED) is 0.437. The fourth-order valence-corrected chi connectivity index (χ4v) is 3.82. The molecule has 31 heavy (non-hydrogen) atoms. The van der Waals surface area contributed by atoms with Crippen LogP contribution in [0.2, 0.25) is 0 Å². The van der Waals surface area contributed by atoms with Crippen LogP contribution in [0.25, 0.3) is 22.3 Å². The Morgan fingerprint density at radius 3 is 2.71 bits per heavy atom. The molecule has 0 saturated carbocycles. The van der Waals surface area contributed by atoms with Gasteiger partial charge in [-0.05, 0) is 49.2 Å². The van der Waals surface area contributed by atoms with E-state index >= 15 is 0 Å². The Morgan fingerprint density at radius 1 is 1.10 bits per heavy atom. The molecular weight excluding hydrogens is 392 g/mol. The van der Waals surface area contributed by atoms with Gasteiger partial charge < -0.3 is 19.4 Å². The van der Waals surface area contributed by atoms with E-state index in [4.69, 9.17) is 9.47 Å². The van der Waals surface area contributed by atoms with Gasteiger partial charge in [0.2, 0.25) is 5.91 Å². The van der Waals surface area contributed by atoms with Crippen molar-refractivity contribution in [2.24, 2.45) is 0 Å². The van der Waals surface area contributed by atoms with Crippen molar-refractivity contribution in [3.8, 4) is 22.9 Å². The van der Waals surface area contributed by atoms with Crippen LogP contribution >= 0.6 is 0 Å². The first-order chi connectivity index (χ1) is 15.1. The first-order valence-electron chi connectivity index (χ1n) is 10.3. The number of anilines is 1. The molecular formula is C24H26N4O3. The number of hydrogen-bond donors (Lipinski definition) is 2. The van der Waals surface area contributed by atoms with Crippen molar-refractivity contribution in [2.45, 2.75) is 26.3 Å². The van der Waals surface area contributed by atoms with Crippen LogP contribution in [0.4, 0.5) is 5.82 Å².